The van der Waals surface area contributed by atoms with Gasteiger partial charge in [0.1, 0.15) is 0 Å². The minimum Gasteiger partial charge on any atom is -0.381 e. The zero-order chi connectivity index (χ0) is 35.8. The van der Waals surface area contributed by atoms with Crippen LogP contribution >= 0.6 is 0 Å². The number of methoxy groups -OCH3 is 1. The van der Waals surface area contributed by atoms with Crippen molar-refractivity contribution in [3.8, 4) is 0 Å². The van der Waals surface area contributed by atoms with Crippen molar-refractivity contribution in [2.45, 2.75) is 199 Å². The van der Waals surface area contributed by atoms with Crippen LogP contribution < -0.4 is 0 Å². The fourth-order valence-corrected chi connectivity index (χ4v) is 6.66. The van der Waals surface area contributed by atoms with Crippen molar-refractivity contribution in [3.05, 3.63) is 48.6 Å². The predicted molar refractivity (Wildman–Crippen MR) is 220 cm³/mol. The molecule has 1 aliphatic heterocycles. The lowest BCUT2D eigenvalue weighted by molar-refractivity contribution is -0.0295. The molecule has 0 amide bonds. The van der Waals surface area contributed by atoms with Gasteiger partial charge in [-0.2, -0.15) is 0 Å². The van der Waals surface area contributed by atoms with Crippen LogP contribution in [-0.2, 0) is 14.2 Å². The maximum absolute atomic E-state index is 6.43. The third-order valence-electron chi connectivity index (χ3n) is 10.1. The number of nitrogens with zero attached hydrogens (tertiary/aromatic N) is 1. The van der Waals surface area contributed by atoms with Crippen LogP contribution in [0.5, 0.6) is 0 Å². The van der Waals surface area contributed by atoms with Gasteiger partial charge in [-0.15, -0.1) is 0 Å². The first-order valence-electron chi connectivity index (χ1n) is 21.8. The Bertz CT molecular complexity index is 782. The van der Waals surface area contributed by atoms with E-state index in [1.807, 2.05) is 7.11 Å². The second kappa shape index (κ2) is 39.0. The number of rotatable bonds is 37. The van der Waals surface area contributed by atoms with Crippen LogP contribution in [0.1, 0.15) is 187 Å². The summed E-state index contributed by atoms with van der Waals surface area (Å²) in [5.41, 5.74) is 0. The number of piperidine rings is 1. The number of ether oxygens (including phenoxy) is 3. The van der Waals surface area contributed by atoms with E-state index in [0.29, 0.717) is 6.10 Å². The Kier molecular flexibility index (Phi) is 36.5. The number of unbranched alkanes of at least 4 members (excludes halogenated alkanes) is 18. The van der Waals surface area contributed by atoms with E-state index in [1.54, 1.807) is 0 Å². The molecule has 0 saturated carbocycles. The summed E-state index contributed by atoms with van der Waals surface area (Å²) in [7, 11) is 1.85. The molecule has 0 N–H and O–H groups in total. The van der Waals surface area contributed by atoms with Crippen LogP contribution in [0.25, 0.3) is 0 Å². The molecule has 1 unspecified atom stereocenters. The Labute approximate surface area is 312 Å². The zero-order valence-electron chi connectivity index (χ0n) is 33.8. The molecule has 0 radical (unpaired) electrons. The molecule has 0 spiro atoms. The molecular weight excluding hydrogens is 615 g/mol. The van der Waals surface area contributed by atoms with E-state index < -0.39 is 0 Å². The van der Waals surface area contributed by atoms with Gasteiger partial charge in [-0.3, -0.25) is 0 Å². The molecule has 1 fully saturated rings. The Morgan fingerprint density at radius 3 is 1.46 bits per heavy atom. The molecule has 1 rings (SSSR count). The smallest absolute Gasteiger partial charge is 0.0820 e. The quantitative estimate of drug-likeness (QED) is 0.0477. The summed E-state index contributed by atoms with van der Waals surface area (Å²) >= 11 is 0. The molecule has 0 aromatic carbocycles. The number of hydrogen-bond acceptors (Lipinski definition) is 4. The van der Waals surface area contributed by atoms with Gasteiger partial charge in [-0.25, -0.2) is 0 Å². The molecular formula is C46H85NO3. The van der Waals surface area contributed by atoms with Gasteiger partial charge in [-0.1, -0.05) is 140 Å². The maximum Gasteiger partial charge on any atom is 0.0820 e. The van der Waals surface area contributed by atoms with Crippen LogP contribution in [0.2, 0.25) is 0 Å². The predicted octanol–water partition coefficient (Wildman–Crippen LogP) is 13.5. The molecule has 50 heavy (non-hydrogen) atoms. The van der Waals surface area contributed by atoms with Gasteiger partial charge in [0, 0.05) is 40.0 Å². The lowest BCUT2D eigenvalue weighted by Crippen LogP contribution is -2.38. The highest BCUT2D eigenvalue weighted by molar-refractivity contribution is 4.93. The summed E-state index contributed by atoms with van der Waals surface area (Å²) in [4.78, 5) is 2.59. The van der Waals surface area contributed by atoms with Gasteiger partial charge in [0.05, 0.1) is 18.8 Å². The van der Waals surface area contributed by atoms with E-state index >= 15 is 0 Å². The van der Waals surface area contributed by atoms with Crippen molar-refractivity contribution in [1.82, 2.24) is 4.90 Å². The monoisotopic (exact) mass is 700 g/mol. The van der Waals surface area contributed by atoms with Crippen molar-refractivity contribution in [3.63, 3.8) is 0 Å². The lowest BCUT2D eigenvalue weighted by Gasteiger charge is -2.32. The molecule has 1 aliphatic rings. The molecule has 1 atom stereocenters. The topological polar surface area (TPSA) is 30.9 Å². The van der Waals surface area contributed by atoms with Crippen molar-refractivity contribution in [2.24, 2.45) is 0 Å². The van der Waals surface area contributed by atoms with Crippen LogP contribution in [-0.4, -0.2) is 63.7 Å². The van der Waals surface area contributed by atoms with Crippen molar-refractivity contribution in [2.75, 3.05) is 46.6 Å². The Hall–Kier alpha value is -1.20. The molecule has 4 heteroatoms. The molecule has 1 saturated heterocycles. The third kappa shape index (κ3) is 32.7. The van der Waals surface area contributed by atoms with E-state index in [9.17, 15) is 0 Å². The highest BCUT2D eigenvalue weighted by atomic mass is 16.5. The summed E-state index contributed by atoms with van der Waals surface area (Å²) < 4.78 is 18.2. The van der Waals surface area contributed by atoms with Crippen molar-refractivity contribution < 1.29 is 14.2 Å². The molecule has 0 bridgehead atoms. The van der Waals surface area contributed by atoms with Gasteiger partial charge < -0.3 is 19.1 Å². The highest BCUT2D eigenvalue weighted by Crippen LogP contribution is 2.15. The van der Waals surface area contributed by atoms with E-state index in [4.69, 9.17) is 14.2 Å². The fraction of sp³-hybridized carbons (Fsp3) is 0.826. The Morgan fingerprint density at radius 2 is 0.980 bits per heavy atom. The fourth-order valence-electron chi connectivity index (χ4n) is 6.66. The Morgan fingerprint density at radius 1 is 0.540 bits per heavy atom. The van der Waals surface area contributed by atoms with Gasteiger partial charge in [0.2, 0.25) is 0 Å². The van der Waals surface area contributed by atoms with E-state index in [-0.39, 0.29) is 6.10 Å². The van der Waals surface area contributed by atoms with Crippen molar-refractivity contribution in [1.29, 1.82) is 0 Å². The highest BCUT2D eigenvalue weighted by Gasteiger charge is 2.20. The number of allylic oxidation sites excluding steroid dienone is 8. The summed E-state index contributed by atoms with van der Waals surface area (Å²) in [6.45, 7) is 10.4. The standard InChI is InChI=1S/C46H85NO3/c1-4-6-8-10-12-14-16-18-20-22-24-26-28-30-32-34-42-49-44-46(38-41-47-39-36-45(48-3)37-40-47)50-43-35-33-31-29-27-25-23-21-19-17-15-13-11-9-7-5-2/h12-15,18-21,45-46H,4-11,16-17,22-44H2,1-3H3/b14-12+,15-13+,20-18+,21-19+. The van der Waals surface area contributed by atoms with E-state index in [0.717, 1.165) is 71.6 Å². The van der Waals surface area contributed by atoms with Crippen LogP contribution in [0.4, 0.5) is 0 Å². The average Bonchev–Trinajstić information content (AvgIpc) is 3.14. The zero-order valence-corrected chi connectivity index (χ0v) is 33.8. The second-order valence-corrected chi connectivity index (χ2v) is 14.8. The molecule has 4 nitrogen and oxygen atoms in total. The number of hydrogen-bond donors (Lipinski definition) is 0. The first-order valence-corrected chi connectivity index (χ1v) is 21.8. The molecule has 0 aromatic rings. The Balaban J connectivity index is 2.09. The maximum atomic E-state index is 6.43. The lowest BCUT2D eigenvalue weighted by atomic mass is 10.1. The van der Waals surface area contributed by atoms with Gasteiger partial charge >= 0.3 is 0 Å². The minimum absolute atomic E-state index is 0.220. The third-order valence-corrected chi connectivity index (χ3v) is 10.1. The summed E-state index contributed by atoms with van der Waals surface area (Å²) in [6, 6.07) is 0. The van der Waals surface area contributed by atoms with Gasteiger partial charge in [0.15, 0.2) is 0 Å². The van der Waals surface area contributed by atoms with Crippen LogP contribution in [0.15, 0.2) is 48.6 Å². The molecule has 0 aromatic heterocycles. The second-order valence-electron chi connectivity index (χ2n) is 14.8. The van der Waals surface area contributed by atoms with Crippen molar-refractivity contribution >= 4 is 0 Å². The SMILES string of the molecule is CCCCC/C=C/C/C=C/CCCCCCCCOCC(CCN1CCC(OC)CC1)OCCCCCCCC/C=C/C/C=C/CCCCC. The van der Waals surface area contributed by atoms with Gasteiger partial charge in [0.25, 0.3) is 0 Å². The first-order chi connectivity index (χ1) is 24.8. The minimum atomic E-state index is 0.220. The first kappa shape index (κ1) is 46.8. The largest absolute Gasteiger partial charge is 0.381 e. The summed E-state index contributed by atoms with van der Waals surface area (Å²) in [5, 5.41) is 0. The average molecular weight is 700 g/mol. The molecule has 1 heterocycles. The van der Waals surface area contributed by atoms with Crippen LogP contribution in [0.3, 0.4) is 0 Å². The molecule has 292 valence electrons. The summed E-state index contributed by atoms with van der Waals surface area (Å²) in [6.07, 6.45) is 53.6. The van der Waals surface area contributed by atoms with Crippen LogP contribution in [0, 0.1) is 0 Å². The van der Waals surface area contributed by atoms with Gasteiger partial charge in [-0.05, 0) is 96.3 Å². The summed E-state index contributed by atoms with van der Waals surface area (Å²) in [5.74, 6) is 0. The molecule has 0 aliphatic carbocycles. The normalized spacial score (nSPS) is 15.6. The van der Waals surface area contributed by atoms with E-state index in [1.165, 1.54) is 141 Å². The van der Waals surface area contributed by atoms with E-state index in [2.05, 4.69) is 67.4 Å². The number of likely N-dealkylation sites (tertiary alicyclic amines) is 1.